The van der Waals surface area contributed by atoms with Gasteiger partial charge in [0, 0.05) is 6.04 Å². The maximum atomic E-state index is 5.34. The summed E-state index contributed by atoms with van der Waals surface area (Å²) in [7, 11) is 0. The van der Waals surface area contributed by atoms with Crippen LogP contribution < -0.4 is 10.1 Å². The van der Waals surface area contributed by atoms with Crippen LogP contribution in [-0.2, 0) is 6.54 Å². The zero-order chi connectivity index (χ0) is 14.7. The van der Waals surface area contributed by atoms with Gasteiger partial charge < -0.3 is 10.1 Å². The molecule has 0 amide bonds. The van der Waals surface area contributed by atoms with Gasteiger partial charge in [-0.25, -0.2) is 0 Å². The SMILES string of the molecule is CCOc1nnc(CNC(C)c2cccc(C3CC3)c2)s1. The lowest BCUT2D eigenvalue weighted by Crippen LogP contribution is -2.18. The number of hydrogen-bond donors (Lipinski definition) is 1. The summed E-state index contributed by atoms with van der Waals surface area (Å²) in [6.07, 6.45) is 2.69. The minimum atomic E-state index is 0.308. The molecule has 1 aromatic heterocycles. The topological polar surface area (TPSA) is 47.0 Å². The first kappa shape index (κ1) is 14.5. The van der Waals surface area contributed by atoms with Crippen LogP contribution in [0.3, 0.4) is 0 Å². The molecule has 0 spiro atoms. The zero-order valence-corrected chi connectivity index (χ0v) is 13.3. The Hall–Kier alpha value is -1.46. The summed E-state index contributed by atoms with van der Waals surface area (Å²) in [5.41, 5.74) is 2.82. The van der Waals surface area contributed by atoms with Crippen molar-refractivity contribution in [2.75, 3.05) is 6.61 Å². The van der Waals surface area contributed by atoms with E-state index in [1.54, 1.807) is 0 Å². The fourth-order valence-electron chi connectivity index (χ4n) is 2.35. The van der Waals surface area contributed by atoms with E-state index in [0.29, 0.717) is 17.8 Å². The van der Waals surface area contributed by atoms with Gasteiger partial charge in [0.2, 0.25) is 0 Å². The highest BCUT2D eigenvalue weighted by Crippen LogP contribution is 2.40. The molecule has 1 heterocycles. The smallest absolute Gasteiger partial charge is 0.294 e. The highest BCUT2D eigenvalue weighted by atomic mass is 32.1. The number of aromatic nitrogens is 2. The van der Waals surface area contributed by atoms with Gasteiger partial charge in [0.1, 0.15) is 5.01 Å². The van der Waals surface area contributed by atoms with Crippen LogP contribution in [0.4, 0.5) is 0 Å². The summed E-state index contributed by atoms with van der Waals surface area (Å²) in [4.78, 5) is 0. The second kappa shape index (κ2) is 6.54. The number of hydrogen-bond acceptors (Lipinski definition) is 5. The van der Waals surface area contributed by atoms with E-state index in [1.807, 2.05) is 6.92 Å². The van der Waals surface area contributed by atoms with E-state index in [2.05, 4.69) is 46.7 Å². The van der Waals surface area contributed by atoms with Gasteiger partial charge in [-0.3, -0.25) is 0 Å². The van der Waals surface area contributed by atoms with E-state index in [-0.39, 0.29) is 0 Å². The molecule has 1 aliphatic rings. The van der Waals surface area contributed by atoms with E-state index in [0.717, 1.165) is 17.5 Å². The second-order valence-electron chi connectivity index (χ2n) is 5.44. The molecule has 3 rings (SSSR count). The van der Waals surface area contributed by atoms with Crippen molar-refractivity contribution in [1.29, 1.82) is 0 Å². The van der Waals surface area contributed by atoms with E-state index >= 15 is 0 Å². The molecule has 5 heteroatoms. The van der Waals surface area contributed by atoms with Crippen LogP contribution in [0.5, 0.6) is 5.19 Å². The highest BCUT2D eigenvalue weighted by Gasteiger charge is 2.23. The molecule has 0 bridgehead atoms. The largest absolute Gasteiger partial charge is 0.469 e. The van der Waals surface area contributed by atoms with Crippen LogP contribution in [0.1, 0.15) is 54.8 Å². The number of rotatable bonds is 7. The molecular weight excluding hydrogens is 282 g/mol. The van der Waals surface area contributed by atoms with Gasteiger partial charge in [0.05, 0.1) is 13.2 Å². The number of ether oxygens (including phenoxy) is 1. The minimum Gasteiger partial charge on any atom is -0.469 e. The Morgan fingerprint density at radius 2 is 2.24 bits per heavy atom. The Balaban J connectivity index is 1.57. The molecule has 2 aromatic rings. The van der Waals surface area contributed by atoms with Crippen molar-refractivity contribution in [2.45, 2.75) is 45.2 Å². The van der Waals surface area contributed by atoms with Crippen molar-refractivity contribution in [3.05, 3.63) is 40.4 Å². The van der Waals surface area contributed by atoms with Crippen molar-refractivity contribution in [3.63, 3.8) is 0 Å². The molecular formula is C16H21N3OS. The van der Waals surface area contributed by atoms with Crippen LogP contribution >= 0.6 is 11.3 Å². The van der Waals surface area contributed by atoms with Crippen molar-refractivity contribution in [1.82, 2.24) is 15.5 Å². The number of benzene rings is 1. The van der Waals surface area contributed by atoms with Crippen LogP contribution in [0.15, 0.2) is 24.3 Å². The minimum absolute atomic E-state index is 0.308. The maximum Gasteiger partial charge on any atom is 0.294 e. The lowest BCUT2D eigenvalue weighted by Gasteiger charge is -2.14. The molecule has 1 saturated carbocycles. The summed E-state index contributed by atoms with van der Waals surface area (Å²) >= 11 is 1.51. The molecule has 1 unspecified atom stereocenters. The molecule has 0 radical (unpaired) electrons. The molecule has 1 atom stereocenters. The summed E-state index contributed by atoms with van der Waals surface area (Å²) in [6.45, 7) is 5.50. The molecule has 4 nitrogen and oxygen atoms in total. The van der Waals surface area contributed by atoms with Crippen LogP contribution in [0.2, 0.25) is 0 Å². The Morgan fingerprint density at radius 3 is 3.00 bits per heavy atom. The Bertz CT molecular complexity index is 595. The van der Waals surface area contributed by atoms with Gasteiger partial charge in [-0.1, -0.05) is 35.6 Å². The van der Waals surface area contributed by atoms with Gasteiger partial charge in [0.15, 0.2) is 0 Å². The lowest BCUT2D eigenvalue weighted by atomic mass is 10.0. The Labute approximate surface area is 129 Å². The first-order chi connectivity index (χ1) is 10.3. The van der Waals surface area contributed by atoms with Crippen LogP contribution in [0.25, 0.3) is 0 Å². The Kier molecular flexibility index (Phi) is 4.51. The first-order valence-corrected chi connectivity index (χ1v) is 8.36. The quantitative estimate of drug-likeness (QED) is 0.848. The van der Waals surface area contributed by atoms with Crippen LogP contribution in [0, 0.1) is 0 Å². The molecule has 21 heavy (non-hydrogen) atoms. The molecule has 1 aliphatic carbocycles. The first-order valence-electron chi connectivity index (χ1n) is 7.54. The second-order valence-corrected chi connectivity index (χ2v) is 6.47. The van der Waals surface area contributed by atoms with E-state index in [4.69, 9.17) is 4.74 Å². The molecule has 0 saturated heterocycles. The van der Waals surface area contributed by atoms with E-state index < -0.39 is 0 Å². The van der Waals surface area contributed by atoms with Crippen molar-refractivity contribution in [3.8, 4) is 5.19 Å². The molecule has 1 aromatic carbocycles. The maximum absolute atomic E-state index is 5.34. The van der Waals surface area contributed by atoms with E-state index in [1.165, 1.54) is 35.3 Å². The van der Waals surface area contributed by atoms with Gasteiger partial charge in [0.25, 0.3) is 5.19 Å². The fourth-order valence-corrected chi connectivity index (χ4v) is 3.05. The summed E-state index contributed by atoms with van der Waals surface area (Å²) in [5.74, 6) is 0.800. The predicted octanol–water partition coefficient (Wildman–Crippen LogP) is 3.67. The molecule has 0 aliphatic heterocycles. The third kappa shape index (κ3) is 3.80. The molecule has 1 fully saturated rings. The lowest BCUT2D eigenvalue weighted by molar-refractivity contribution is 0.335. The summed E-state index contributed by atoms with van der Waals surface area (Å²) < 4.78 is 5.34. The van der Waals surface area contributed by atoms with Crippen molar-refractivity contribution >= 4 is 11.3 Å². The summed E-state index contributed by atoms with van der Waals surface area (Å²) in [5, 5.41) is 13.3. The van der Waals surface area contributed by atoms with Crippen molar-refractivity contribution in [2.24, 2.45) is 0 Å². The Morgan fingerprint density at radius 1 is 1.38 bits per heavy atom. The van der Waals surface area contributed by atoms with Crippen LogP contribution in [-0.4, -0.2) is 16.8 Å². The van der Waals surface area contributed by atoms with Gasteiger partial charge in [-0.15, -0.1) is 10.2 Å². The molecule has 1 N–H and O–H groups in total. The average Bonchev–Trinajstić information content (AvgIpc) is 3.27. The third-order valence-electron chi connectivity index (χ3n) is 3.74. The molecule has 112 valence electrons. The summed E-state index contributed by atoms with van der Waals surface area (Å²) in [6, 6.07) is 9.24. The van der Waals surface area contributed by atoms with Crippen molar-refractivity contribution < 1.29 is 4.74 Å². The monoisotopic (exact) mass is 303 g/mol. The third-order valence-corrected chi connectivity index (χ3v) is 4.57. The average molecular weight is 303 g/mol. The number of nitrogens with zero attached hydrogens (tertiary/aromatic N) is 2. The predicted molar refractivity (Wildman–Crippen MR) is 84.7 cm³/mol. The fraction of sp³-hybridized carbons (Fsp3) is 0.500. The van der Waals surface area contributed by atoms with Gasteiger partial charge in [-0.2, -0.15) is 0 Å². The van der Waals surface area contributed by atoms with Gasteiger partial charge >= 0.3 is 0 Å². The standard InChI is InChI=1S/C16H21N3OS/c1-3-20-16-19-18-15(21-16)10-17-11(2)13-5-4-6-14(9-13)12-7-8-12/h4-6,9,11-12,17H,3,7-8,10H2,1-2H3. The van der Waals surface area contributed by atoms with E-state index in [9.17, 15) is 0 Å². The van der Waals surface area contributed by atoms with Gasteiger partial charge in [-0.05, 0) is 43.7 Å². The normalized spacial score (nSPS) is 15.9. The highest BCUT2D eigenvalue weighted by molar-refractivity contribution is 7.13. The number of nitrogens with one attached hydrogen (secondary N) is 1. The zero-order valence-electron chi connectivity index (χ0n) is 12.5.